The second-order valence-electron chi connectivity index (χ2n) is 7.10. The fourth-order valence-electron chi connectivity index (χ4n) is 3.76. The lowest BCUT2D eigenvalue weighted by atomic mass is 10.1. The molecular weight excluding hydrogens is 372 g/mol. The van der Waals surface area contributed by atoms with E-state index in [0.717, 1.165) is 37.2 Å². The van der Waals surface area contributed by atoms with E-state index < -0.39 is 6.10 Å². The first-order chi connectivity index (χ1) is 13.7. The Bertz CT molecular complexity index is 862. The topological polar surface area (TPSA) is 49.9 Å². The third-order valence-corrected chi connectivity index (χ3v) is 6.04. The highest BCUT2D eigenvalue weighted by Crippen LogP contribution is 2.34. The molecule has 0 radical (unpaired) electrons. The summed E-state index contributed by atoms with van der Waals surface area (Å²) in [6, 6.07) is 15.0. The van der Waals surface area contributed by atoms with E-state index in [1.54, 1.807) is 16.7 Å². The maximum Gasteiger partial charge on any atom is 0.265 e. The van der Waals surface area contributed by atoms with Crippen LogP contribution in [0.2, 0.25) is 0 Å². The fraction of sp³-hybridized carbons (Fsp3) is 0.364. The number of fused-ring (bicyclic) bond motifs is 1. The average molecular weight is 397 g/mol. The van der Waals surface area contributed by atoms with Gasteiger partial charge in [0.15, 0.2) is 6.10 Å². The number of piperidine rings is 1. The van der Waals surface area contributed by atoms with Gasteiger partial charge in [-0.25, -0.2) is 0 Å². The molecule has 4 rings (SSSR count). The highest BCUT2D eigenvalue weighted by Gasteiger charge is 2.36. The molecule has 1 fully saturated rings. The van der Waals surface area contributed by atoms with Crippen molar-refractivity contribution < 1.29 is 14.3 Å². The van der Waals surface area contributed by atoms with Gasteiger partial charge in [0.2, 0.25) is 0 Å². The fourth-order valence-corrected chi connectivity index (χ4v) is 4.17. The summed E-state index contributed by atoms with van der Waals surface area (Å²) in [7, 11) is 0. The summed E-state index contributed by atoms with van der Waals surface area (Å²) in [6.07, 6.45) is 4.56. The van der Waals surface area contributed by atoms with Crippen molar-refractivity contribution >= 4 is 29.3 Å². The lowest BCUT2D eigenvalue weighted by molar-refractivity contribution is -0.139. The van der Waals surface area contributed by atoms with E-state index in [1.807, 2.05) is 59.7 Å². The number of carbonyl (C=O) groups is 2. The zero-order chi connectivity index (χ0) is 19.5. The molecular formula is C22H24N2O3S. The van der Waals surface area contributed by atoms with Gasteiger partial charge in [-0.05, 0) is 61.9 Å². The largest absolute Gasteiger partial charge is 0.476 e. The summed E-state index contributed by atoms with van der Waals surface area (Å²) in [4.78, 5) is 30.9. The number of likely N-dealkylation sites (tertiary alicyclic amines) is 1. The second kappa shape index (κ2) is 8.27. The van der Waals surface area contributed by atoms with Crippen molar-refractivity contribution in [1.29, 1.82) is 0 Å². The summed E-state index contributed by atoms with van der Waals surface area (Å²) in [5.41, 5.74) is 1.32. The molecule has 2 aromatic carbocycles. The van der Waals surface area contributed by atoms with Crippen molar-refractivity contribution in [3.63, 3.8) is 0 Å². The molecule has 2 heterocycles. The molecule has 0 bridgehead atoms. The van der Waals surface area contributed by atoms with Crippen molar-refractivity contribution in [1.82, 2.24) is 4.90 Å². The third-order valence-electron chi connectivity index (χ3n) is 5.30. The lowest BCUT2D eigenvalue weighted by Gasteiger charge is -2.37. The smallest absolute Gasteiger partial charge is 0.265 e. The molecule has 0 saturated carbocycles. The van der Waals surface area contributed by atoms with Crippen molar-refractivity contribution in [2.24, 2.45) is 0 Å². The molecule has 0 spiro atoms. The van der Waals surface area contributed by atoms with Gasteiger partial charge in [0.1, 0.15) is 5.75 Å². The van der Waals surface area contributed by atoms with Crippen molar-refractivity contribution in [2.75, 3.05) is 30.8 Å². The molecule has 1 atom stereocenters. The number of para-hydroxylation sites is 2. The Labute approximate surface area is 169 Å². The maximum atomic E-state index is 13.2. The molecule has 28 heavy (non-hydrogen) atoms. The SMILES string of the molecule is CSc1ccc(C(=O)N2C[C@H](C(=O)N3CCCCC3)Oc3ccccc32)cc1. The van der Waals surface area contributed by atoms with Gasteiger partial charge in [-0.1, -0.05) is 12.1 Å². The van der Waals surface area contributed by atoms with Crippen molar-refractivity contribution in [3.8, 4) is 5.75 Å². The molecule has 0 N–H and O–H groups in total. The third kappa shape index (κ3) is 3.74. The number of thioether (sulfide) groups is 1. The Balaban J connectivity index is 1.61. The molecule has 5 nitrogen and oxygen atoms in total. The van der Waals surface area contributed by atoms with Crippen LogP contribution in [0.15, 0.2) is 53.4 Å². The predicted molar refractivity (Wildman–Crippen MR) is 111 cm³/mol. The standard InChI is InChI=1S/C22H24N2O3S/c1-28-17-11-9-16(10-12-17)21(25)24-15-20(22(26)23-13-5-2-6-14-23)27-19-8-4-3-7-18(19)24/h3-4,7-12,20H,2,5-6,13-15H2,1H3/t20-/m1/s1. The average Bonchev–Trinajstić information content (AvgIpc) is 2.78. The van der Waals surface area contributed by atoms with Crippen molar-refractivity contribution in [3.05, 3.63) is 54.1 Å². The normalized spacial score (nSPS) is 19.0. The van der Waals surface area contributed by atoms with Crippen LogP contribution in [-0.2, 0) is 4.79 Å². The van der Waals surface area contributed by atoms with Crippen LogP contribution in [0.3, 0.4) is 0 Å². The van der Waals surface area contributed by atoms with Crippen LogP contribution in [-0.4, -0.2) is 48.7 Å². The first-order valence-corrected chi connectivity index (χ1v) is 10.9. The molecule has 146 valence electrons. The summed E-state index contributed by atoms with van der Waals surface area (Å²) in [5, 5.41) is 0. The minimum Gasteiger partial charge on any atom is -0.476 e. The summed E-state index contributed by atoms with van der Waals surface area (Å²) >= 11 is 1.64. The van der Waals surface area contributed by atoms with E-state index in [2.05, 4.69) is 0 Å². The van der Waals surface area contributed by atoms with Gasteiger partial charge >= 0.3 is 0 Å². The van der Waals surface area contributed by atoms with Gasteiger partial charge in [-0.2, -0.15) is 0 Å². The number of ether oxygens (including phenoxy) is 1. The molecule has 0 aromatic heterocycles. The van der Waals surface area contributed by atoms with Crippen LogP contribution in [0.4, 0.5) is 5.69 Å². The molecule has 2 aromatic rings. The Morgan fingerprint density at radius 2 is 1.71 bits per heavy atom. The molecule has 6 heteroatoms. The quantitative estimate of drug-likeness (QED) is 0.740. The van der Waals surface area contributed by atoms with E-state index >= 15 is 0 Å². The zero-order valence-electron chi connectivity index (χ0n) is 16.0. The number of rotatable bonds is 3. The first-order valence-electron chi connectivity index (χ1n) is 9.68. The number of benzene rings is 2. The number of amides is 2. The minimum atomic E-state index is -0.664. The summed E-state index contributed by atoms with van der Waals surface area (Å²) in [6.45, 7) is 1.77. The monoisotopic (exact) mass is 396 g/mol. The van der Waals surface area contributed by atoms with Gasteiger partial charge < -0.3 is 14.5 Å². The van der Waals surface area contributed by atoms with E-state index in [-0.39, 0.29) is 18.4 Å². The van der Waals surface area contributed by atoms with Crippen LogP contribution in [0.5, 0.6) is 5.75 Å². The van der Waals surface area contributed by atoms with Crippen LogP contribution < -0.4 is 9.64 Å². The minimum absolute atomic E-state index is 0.0234. The van der Waals surface area contributed by atoms with E-state index in [4.69, 9.17) is 4.74 Å². The molecule has 2 amide bonds. The Hall–Kier alpha value is -2.47. The molecule has 0 unspecified atom stereocenters. The second-order valence-corrected chi connectivity index (χ2v) is 7.98. The Kier molecular flexibility index (Phi) is 5.57. The van der Waals surface area contributed by atoms with E-state index in [1.165, 1.54) is 0 Å². The van der Waals surface area contributed by atoms with Gasteiger partial charge in [0.25, 0.3) is 11.8 Å². The van der Waals surface area contributed by atoms with Crippen LogP contribution in [0, 0.1) is 0 Å². The highest BCUT2D eigenvalue weighted by atomic mass is 32.2. The number of hydrogen-bond donors (Lipinski definition) is 0. The first kappa shape index (κ1) is 18.9. The molecule has 0 aliphatic carbocycles. The van der Waals surface area contributed by atoms with Gasteiger partial charge in [-0.3, -0.25) is 9.59 Å². The Morgan fingerprint density at radius 1 is 1.00 bits per heavy atom. The van der Waals surface area contributed by atoms with E-state index in [9.17, 15) is 9.59 Å². The maximum absolute atomic E-state index is 13.2. The van der Waals surface area contributed by atoms with Gasteiger partial charge in [0.05, 0.1) is 12.2 Å². The molecule has 2 aliphatic heterocycles. The summed E-state index contributed by atoms with van der Waals surface area (Å²) < 4.78 is 6.01. The zero-order valence-corrected chi connectivity index (χ0v) is 16.8. The van der Waals surface area contributed by atoms with Crippen molar-refractivity contribution in [2.45, 2.75) is 30.3 Å². The number of nitrogens with zero attached hydrogens (tertiary/aromatic N) is 2. The number of anilines is 1. The highest BCUT2D eigenvalue weighted by molar-refractivity contribution is 7.98. The van der Waals surface area contributed by atoms with Crippen LogP contribution in [0.25, 0.3) is 0 Å². The molecule has 1 saturated heterocycles. The van der Waals surface area contributed by atoms with Crippen LogP contribution >= 0.6 is 11.8 Å². The Morgan fingerprint density at radius 3 is 2.43 bits per heavy atom. The van der Waals surface area contributed by atoms with Crippen LogP contribution in [0.1, 0.15) is 29.6 Å². The van der Waals surface area contributed by atoms with Gasteiger partial charge in [0, 0.05) is 23.5 Å². The number of hydrogen-bond acceptors (Lipinski definition) is 4. The van der Waals surface area contributed by atoms with Gasteiger partial charge in [-0.15, -0.1) is 11.8 Å². The molecule has 2 aliphatic rings. The van der Waals surface area contributed by atoms with E-state index in [0.29, 0.717) is 17.0 Å². The lowest BCUT2D eigenvalue weighted by Crippen LogP contribution is -2.52. The predicted octanol–water partition coefficient (Wildman–Crippen LogP) is 3.83. The summed E-state index contributed by atoms with van der Waals surface area (Å²) in [5.74, 6) is 0.447. The number of carbonyl (C=O) groups excluding carboxylic acids is 2.